The lowest BCUT2D eigenvalue weighted by molar-refractivity contribution is 0.399. The highest BCUT2D eigenvalue weighted by Gasteiger charge is 2.10. The molecule has 2 heterocycles. The SMILES string of the molecule is COc1ncccc1-c1nc(N)ns1. The van der Waals surface area contributed by atoms with Crippen LogP contribution in [0, 0.1) is 0 Å². The summed E-state index contributed by atoms with van der Waals surface area (Å²) in [4.78, 5) is 8.11. The van der Waals surface area contributed by atoms with Crippen LogP contribution in [0.3, 0.4) is 0 Å². The molecule has 0 spiro atoms. The van der Waals surface area contributed by atoms with Gasteiger partial charge in [0.15, 0.2) is 5.01 Å². The van der Waals surface area contributed by atoms with E-state index in [-0.39, 0.29) is 5.95 Å². The van der Waals surface area contributed by atoms with Gasteiger partial charge in [0.25, 0.3) is 0 Å². The lowest BCUT2D eigenvalue weighted by Gasteiger charge is -2.02. The van der Waals surface area contributed by atoms with Crippen LogP contribution < -0.4 is 10.5 Å². The first-order valence-electron chi connectivity index (χ1n) is 3.90. The number of ether oxygens (including phenoxy) is 1. The molecule has 2 aromatic heterocycles. The van der Waals surface area contributed by atoms with Crippen LogP contribution in [0.2, 0.25) is 0 Å². The van der Waals surface area contributed by atoms with Crippen molar-refractivity contribution in [1.82, 2.24) is 14.3 Å². The topological polar surface area (TPSA) is 73.9 Å². The van der Waals surface area contributed by atoms with Gasteiger partial charge in [-0.2, -0.15) is 9.36 Å². The van der Waals surface area contributed by atoms with E-state index in [2.05, 4.69) is 14.3 Å². The van der Waals surface area contributed by atoms with Gasteiger partial charge in [0.05, 0.1) is 12.7 Å². The Kier molecular flexibility index (Phi) is 2.28. The van der Waals surface area contributed by atoms with Crippen molar-refractivity contribution in [2.45, 2.75) is 0 Å². The Labute approximate surface area is 84.7 Å². The lowest BCUT2D eigenvalue weighted by Crippen LogP contribution is -1.91. The van der Waals surface area contributed by atoms with Gasteiger partial charge in [-0.05, 0) is 23.7 Å². The first kappa shape index (κ1) is 8.89. The van der Waals surface area contributed by atoms with Crippen LogP contribution >= 0.6 is 11.5 Å². The Hall–Kier alpha value is -1.69. The summed E-state index contributed by atoms with van der Waals surface area (Å²) >= 11 is 1.23. The maximum Gasteiger partial charge on any atom is 0.232 e. The van der Waals surface area contributed by atoms with Crippen molar-refractivity contribution in [3.8, 4) is 16.5 Å². The third kappa shape index (κ3) is 1.51. The predicted octanol–water partition coefficient (Wildman–Crippen LogP) is 1.19. The molecule has 2 aromatic rings. The van der Waals surface area contributed by atoms with Gasteiger partial charge >= 0.3 is 0 Å². The van der Waals surface area contributed by atoms with Gasteiger partial charge in [0, 0.05) is 6.20 Å². The van der Waals surface area contributed by atoms with Crippen molar-refractivity contribution in [3.63, 3.8) is 0 Å². The summed E-state index contributed by atoms with van der Waals surface area (Å²) in [6.07, 6.45) is 1.66. The summed E-state index contributed by atoms with van der Waals surface area (Å²) in [5.41, 5.74) is 6.24. The van der Waals surface area contributed by atoms with Crippen molar-refractivity contribution in [3.05, 3.63) is 18.3 Å². The van der Waals surface area contributed by atoms with Gasteiger partial charge in [-0.25, -0.2) is 4.98 Å². The zero-order chi connectivity index (χ0) is 9.97. The quantitative estimate of drug-likeness (QED) is 0.802. The van der Waals surface area contributed by atoms with Crippen LogP contribution in [0.15, 0.2) is 18.3 Å². The second kappa shape index (κ2) is 3.59. The van der Waals surface area contributed by atoms with E-state index in [0.29, 0.717) is 10.9 Å². The van der Waals surface area contributed by atoms with E-state index < -0.39 is 0 Å². The number of rotatable bonds is 2. The van der Waals surface area contributed by atoms with Crippen LogP contribution in [0.1, 0.15) is 0 Å². The van der Waals surface area contributed by atoms with E-state index >= 15 is 0 Å². The molecule has 0 aliphatic heterocycles. The van der Waals surface area contributed by atoms with Gasteiger partial charge in [0.2, 0.25) is 11.8 Å². The molecular weight excluding hydrogens is 200 g/mol. The average molecular weight is 208 g/mol. The molecule has 0 atom stereocenters. The predicted molar refractivity (Wildman–Crippen MR) is 54.1 cm³/mol. The van der Waals surface area contributed by atoms with Crippen LogP contribution in [0.25, 0.3) is 10.6 Å². The molecule has 72 valence electrons. The van der Waals surface area contributed by atoms with Crippen molar-refractivity contribution in [1.29, 1.82) is 0 Å². The van der Waals surface area contributed by atoms with Crippen molar-refractivity contribution >= 4 is 17.5 Å². The molecule has 6 heteroatoms. The number of nitrogens with two attached hydrogens (primary N) is 1. The number of nitrogen functional groups attached to an aromatic ring is 1. The Morgan fingerprint density at radius 2 is 2.36 bits per heavy atom. The molecule has 2 N–H and O–H groups in total. The molecule has 0 saturated carbocycles. The minimum atomic E-state index is 0.274. The molecule has 0 bridgehead atoms. The Balaban J connectivity index is 2.50. The number of nitrogens with zero attached hydrogens (tertiary/aromatic N) is 3. The highest BCUT2D eigenvalue weighted by Crippen LogP contribution is 2.28. The maximum atomic E-state index is 5.43. The fraction of sp³-hybridized carbons (Fsp3) is 0.125. The highest BCUT2D eigenvalue weighted by molar-refractivity contribution is 7.09. The van der Waals surface area contributed by atoms with E-state index in [9.17, 15) is 0 Å². The minimum absolute atomic E-state index is 0.274. The van der Waals surface area contributed by atoms with Gasteiger partial charge in [0.1, 0.15) is 0 Å². The minimum Gasteiger partial charge on any atom is -0.480 e. The molecule has 0 fully saturated rings. The number of hydrogen-bond donors (Lipinski definition) is 1. The number of anilines is 1. The molecule has 0 unspecified atom stereocenters. The summed E-state index contributed by atoms with van der Waals surface area (Å²) in [5, 5.41) is 0.715. The molecule has 0 saturated heterocycles. The number of pyridine rings is 1. The van der Waals surface area contributed by atoms with E-state index in [4.69, 9.17) is 10.5 Å². The van der Waals surface area contributed by atoms with E-state index in [1.54, 1.807) is 13.3 Å². The standard InChI is InChI=1S/C8H8N4OS/c1-13-6-5(3-2-4-10-6)7-11-8(9)12-14-7/h2-4H,1H3,(H2,9,12). The van der Waals surface area contributed by atoms with Crippen LogP contribution in [0.5, 0.6) is 5.88 Å². The first-order chi connectivity index (χ1) is 6.81. The summed E-state index contributed by atoms with van der Waals surface area (Å²) in [6, 6.07) is 3.68. The maximum absolute atomic E-state index is 5.43. The molecule has 0 aromatic carbocycles. The average Bonchev–Trinajstić information content (AvgIpc) is 2.65. The van der Waals surface area contributed by atoms with Gasteiger partial charge in [-0.1, -0.05) is 0 Å². The first-order valence-corrected chi connectivity index (χ1v) is 4.67. The molecule has 0 amide bonds. The van der Waals surface area contributed by atoms with Crippen LogP contribution in [0.4, 0.5) is 5.95 Å². The van der Waals surface area contributed by atoms with Gasteiger partial charge in [-0.15, -0.1) is 0 Å². The van der Waals surface area contributed by atoms with E-state index in [1.807, 2.05) is 12.1 Å². The van der Waals surface area contributed by atoms with E-state index in [0.717, 1.165) is 5.56 Å². The van der Waals surface area contributed by atoms with Gasteiger partial charge in [-0.3, -0.25) is 0 Å². The smallest absolute Gasteiger partial charge is 0.232 e. The Morgan fingerprint density at radius 1 is 1.50 bits per heavy atom. The zero-order valence-electron chi connectivity index (χ0n) is 7.47. The summed E-state index contributed by atoms with van der Waals surface area (Å²) in [5.74, 6) is 0.805. The Morgan fingerprint density at radius 3 is 3.00 bits per heavy atom. The van der Waals surface area contributed by atoms with Crippen molar-refractivity contribution in [2.24, 2.45) is 0 Å². The molecule has 0 aliphatic carbocycles. The number of hydrogen-bond acceptors (Lipinski definition) is 6. The van der Waals surface area contributed by atoms with Gasteiger partial charge < -0.3 is 10.5 Å². The lowest BCUT2D eigenvalue weighted by atomic mass is 10.3. The molecule has 2 rings (SSSR count). The fourth-order valence-corrected chi connectivity index (χ4v) is 1.67. The molecule has 5 nitrogen and oxygen atoms in total. The largest absolute Gasteiger partial charge is 0.480 e. The molecular formula is C8H8N4OS. The van der Waals surface area contributed by atoms with Crippen molar-refractivity contribution in [2.75, 3.05) is 12.8 Å². The second-order valence-electron chi connectivity index (χ2n) is 2.52. The fourth-order valence-electron chi connectivity index (χ4n) is 1.06. The molecule has 0 radical (unpaired) electrons. The van der Waals surface area contributed by atoms with Crippen LogP contribution in [-0.2, 0) is 0 Å². The summed E-state index contributed by atoms with van der Waals surface area (Å²) < 4.78 is 8.99. The van der Waals surface area contributed by atoms with Crippen LogP contribution in [-0.4, -0.2) is 21.5 Å². The monoisotopic (exact) mass is 208 g/mol. The summed E-state index contributed by atoms with van der Waals surface area (Å²) in [6.45, 7) is 0. The third-order valence-electron chi connectivity index (χ3n) is 1.64. The normalized spacial score (nSPS) is 10.1. The second-order valence-corrected chi connectivity index (χ2v) is 3.27. The summed E-state index contributed by atoms with van der Waals surface area (Å²) in [7, 11) is 1.57. The highest BCUT2D eigenvalue weighted by atomic mass is 32.1. The van der Waals surface area contributed by atoms with Crippen molar-refractivity contribution < 1.29 is 4.74 Å². The van der Waals surface area contributed by atoms with E-state index in [1.165, 1.54) is 11.5 Å². The number of aromatic nitrogens is 3. The third-order valence-corrected chi connectivity index (χ3v) is 2.40. The zero-order valence-corrected chi connectivity index (χ0v) is 8.28. The molecule has 0 aliphatic rings. The molecule has 14 heavy (non-hydrogen) atoms. The number of methoxy groups -OCH3 is 1. The Bertz CT molecular complexity index is 442.